The first-order valence-electron chi connectivity index (χ1n) is 5.76. The highest BCUT2D eigenvalue weighted by Gasteiger charge is 2.16. The van der Waals surface area contributed by atoms with Crippen molar-refractivity contribution in [2.45, 2.75) is 33.6 Å². The van der Waals surface area contributed by atoms with Crippen LogP contribution in [0, 0.1) is 5.41 Å². The van der Waals surface area contributed by atoms with Crippen LogP contribution < -0.4 is 4.74 Å². The highest BCUT2D eigenvalue weighted by molar-refractivity contribution is 5.85. The Balaban J connectivity index is 2.53. The van der Waals surface area contributed by atoms with Gasteiger partial charge in [-0.3, -0.25) is 4.68 Å². The minimum Gasteiger partial charge on any atom is -0.477 e. The van der Waals surface area contributed by atoms with E-state index in [1.807, 2.05) is 0 Å². The SMILES string of the molecule is CCC(C)(C)CCOc1cc(C(=O)O)n(C)n1. The van der Waals surface area contributed by atoms with Gasteiger partial charge in [0.05, 0.1) is 6.61 Å². The number of aromatic carboxylic acids is 1. The van der Waals surface area contributed by atoms with Gasteiger partial charge in [-0.15, -0.1) is 5.10 Å². The summed E-state index contributed by atoms with van der Waals surface area (Å²) in [6.07, 6.45) is 2.00. The van der Waals surface area contributed by atoms with E-state index >= 15 is 0 Å². The quantitative estimate of drug-likeness (QED) is 0.828. The molecule has 0 aliphatic heterocycles. The molecule has 1 aromatic heterocycles. The van der Waals surface area contributed by atoms with Crippen molar-refractivity contribution in [1.82, 2.24) is 9.78 Å². The highest BCUT2D eigenvalue weighted by atomic mass is 16.5. The lowest BCUT2D eigenvalue weighted by Crippen LogP contribution is -2.14. The molecule has 96 valence electrons. The molecule has 0 fully saturated rings. The summed E-state index contributed by atoms with van der Waals surface area (Å²) in [7, 11) is 1.59. The Kier molecular flexibility index (Phi) is 4.15. The molecule has 0 saturated heterocycles. The number of hydrogen-bond donors (Lipinski definition) is 1. The number of ether oxygens (including phenoxy) is 1. The number of carboxylic acid groups (broad SMARTS) is 1. The Morgan fingerprint density at radius 3 is 2.71 bits per heavy atom. The third-order valence-corrected chi connectivity index (χ3v) is 3.06. The van der Waals surface area contributed by atoms with Crippen LogP contribution in [0.15, 0.2) is 6.07 Å². The Hall–Kier alpha value is -1.52. The van der Waals surface area contributed by atoms with E-state index in [0.717, 1.165) is 12.8 Å². The van der Waals surface area contributed by atoms with Gasteiger partial charge >= 0.3 is 5.97 Å². The van der Waals surface area contributed by atoms with Gasteiger partial charge in [-0.1, -0.05) is 27.2 Å². The molecule has 0 unspecified atom stereocenters. The largest absolute Gasteiger partial charge is 0.477 e. The van der Waals surface area contributed by atoms with E-state index in [1.165, 1.54) is 10.7 Å². The smallest absolute Gasteiger partial charge is 0.354 e. The normalized spacial score (nSPS) is 11.5. The zero-order valence-electron chi connectivity index (χ0n) is 10.9. The molecule has 0 aliphatic rings. The summed E-state index contributed by atoms with van der Waals surface area (Å²) in [4.78, 5) is 10.8. The number of rotatable bonds is 6. The van der Waals surface area contributed by atoms with Gasteiger partial charge in [-0.25, -0.2) is 4.79 Å². The Morgan fingerprint density at radius 1 is 1.59 bits per heavy atom. The Labute approximate surface area is 101 Å². The van der Waals surface area contributed by atoms with E-state index in [-0.39, 0.29) is 11.1 Å². The summed E-state index contributed by atoms with van der Waals surface area (Å²) in [5.41, 5.74) is 0.375. The van der Waals surface area contributed by atoms with Crippen molar-refractivity contribution < 1.29 is 14.6 Å². The van der Waals surface area contributed by atoms with Gasteiger partial charge in [0.15, 0.2) is 0 Å². The predicted octanol–water partition coefficient (Wildman–Crippen LogP) is 2.32. The van der Waals surface area contributed by atoms with Crippen LogP contribution in [-0.2, 0) is 7.05 Å². The fourth-order valence-electron chi connectivity index (χ4n) is 1.32. The van der Waals surface area contributed by atoms with Crippen molar-refractivity contribution >= 4 is 5.97 Å². The number of hydrogen-bond acceptors (Lipinski definition) is 3. The zero-order chi connectivity index (χ0) is 13.1. The molecule has 0 bridgehead atoms. The lowest BCUT2D eigenvalue weighted by molar-refractivity contribution is 0.0685. The average Bonchev–Trinajstić information content (AvgIpc) is 2.59. The van der Waals surface area contributed by atoms with Crippen LogP contribution in [0.1, 0.15) is 44.1 Å². The van der Waals surface area contributed by atoms with Crippen molar-refractivity contribution in [3.05, 3.63) is 11.8 Å². The van der Waals surface area contributed by atoms with Gasteiger partial charge in [-0.05, 0) is 11.8 Å². The first-order chi connectivity index (χ1) is 7.85. The molecule has 1 N–H and O–H groups in total. The minimum absolute atomic E-state index is 0.134. The molecule has 0 aromatic carbocycles. The molecule has 1 aromatic rings. The standard InChI is InChI=1S/C12H20N2O3/c1-5-12(2,3)6-7-17-10-8-9(11(15)16)14(4)13-10/h8H,5-7H2,1-4H3,(H,15,16). The number of carboxylic acids is 1. The van der Waals surface area contributed by atoms with Crippen LogP contribution in [0.2, 0.25) is 0 Å². The second-order valence-corrected chi connectivity index (χ2v) is 4.91. The van der Waals surface area contributed by atoms with Crippen molar-refractivity contribution in [3.63, 3.8) is 0 Å². The van der Waals surface area contributed by atoms with Crippen LogP contribution in [-0.4, -0.2) is 27.5 Å². The zero-order valence-corrected chi connectivity index (χ0v) is 10.9. The molecule has 1 heterocycles. The summed E-state index contributed by atoms with van der Waals surface area (Å²) >= 11 is 0. The second-order valence-electron chi connectivity index (χ2n) is 4.91. The van der Waals surface area contributed by atoms with Crippen LogP contribution in [0.5, 0.6) is 5.88 Å². The fourth-order valence-corrected chi connectivity index (χ4v) is 1.32. The van der Waals surface area contributed by atoms with Gasteiger partial charge in [0, 0.05) is 13.1 Å². The van der Waals surface area contributed by atoms with Crippen molar-refractivity contribution in [2.24, 2.45) is 12.5 Å². The minimum atomic E-state index is -0.997. The highest BCUT2D eigenvalue weighted by Crippen LogP contribution is 2.24. The molecule has 5 heteroatoms. The molecule has 1 rings (SSSR count). The Morgan fingerprint density at radius 2 is 2.24 bits per heavy atom. The van der Waals surface area contributed by atoms with Crippen molar-refractivity contribution in [2.75, 3.05) is 6.61 Å². The number of aromatic nitrogens is 2. The molecule has 0 radical (unpaired) electrons. The van der Waals surface area contributed by atoms with Crippen LogP contribution in [0.3, 0.4) is 0 Å². The summed E-state index contributed by atoms with van der Waals surface area (Å²) < 4.78 is 6.77. The van der Waals surface area contributed by atoms with E-state index in [1.54, 1.807) is 7.05 Å². The fraction of sp³-hybridized carbons (Fsp3) is 0.667. The monoisotopic (exact) mass is 240 g/mol. The van der Waals surface area contributed by atoms with Crippen LogP contribution in [0.25, 0.3) is 0 Å². The average molecular weight is 240 g/mol. The van der Waals surface area contributed by atoms with Gasteiger partial charge in [0.1, 0.15) is 5.69 Å². The third-order valence-electron chi connectivity index (χ3n) is 3.06. The lowest BCUT2D eigenvalue weighted by Gasteiger charge is -2.21. The van der Waals surface area contributed by atoms with E-state index in [4.69, 9.17) is 9.84 Å². The maximum Gasteiger partial charge on any atom is 0.354 e. The van der Waals surface area contributed by atoms with Crippen LogP contribution in [0.4, 0.5) is 0 Å². The molecule has 0 atom stereocenters. The van der Waals surface area contributed by atoms with E-state index in [0.29, 0.717) is 12.5 Å². The molecular weight excluding hydrogens is 220 g/mol. The van der Waals surface area contributed by atoms with Gasteiger partial charge in [-0.2, -0.15) is 0 Å². The molecule has 5 nitrogen and oxygen atoms in total. The Bertz CT molecular complexity index is 396. The lowest BCUT2D eigenvalue weighted by atomic mass is 9.87. The molecule has 0 amide bonds. The van der Waals surface area contributed by atoms with E-state index in [2.05, 4.69) is 25.9 Å². The topological polar surface area (TPSA) is 64.3 Å². The predicted molar refractivity (Wildman–Crippen MR) is 64.4 cm³/mol. The molecule has 17 heavy (non-hydrogen) atoms. The van der Waals surface area contributed by atoms with Crippen molar-refractivity contribution in [1.29, 1.82) is 0 Å². The first-order valence-corrected chi connectivity index (χ1v) is 5.76. The van der Waals surface area contributed by atoms with Gasteiger partial charge in [0.25, 0.3) is 0 Å². The summed E-state index contributed by atoms with van der Waals surface area (Å²) in [5.74, 6) is -0.624. The number of carbonyl (C=O) groups is 1. The van der Waals surface area contributed by atoms with E-state index < -0.39 is 5.97 Å². The van der Waals surface area contributed by atoms with Gasteiger partial charge < -0.3 is 9.84 Å². The maximum absolute atomic E-state index is 10.8. The molecule has 0 spiro atoms. The van der Waals surface area contributed by atoms with E-state index in [9.17, 15) is 4.79 Å². The van der Waals surface area contributed by atoms with Crippen molar-refractivity contribution in [3.8, 4) is 5.88 Å². The molecular formula is C12H20N2O3. The number of nitrogens with zero attached hydrogens (tertiary/aromatic N) is 2. The second kappa shape index (κ2) is 5.21. The summed E-state index contributed by atoms with van der Waals surface area (Å²) in [5, 5.41) is 12.8. The summed E-state index contributed by atoms with van der Waals surface area (Å²) in [6.45, 7) is 7.05. The maximum atomic E-state index is 10.8. The van der Waals surface area contributed by atoms with Crippen LogP contribution >= 0.6 is 0 Å². The number of aryl methyl sites for hydroxylation is 1. The van der Waals surface area contributed by atoms with Gasteiger partial charge in [0.2, 0.25) is 5.88 Å². The molecule has 0 aliphatic carbocycles. The first kappa shape index (κ1) is 13.5. The molecule has 0 saturated carbocycles. The summed E-state index contributed by atoms with van der Waals surface area (Å²) in [6, 6.07) is 1.45. The third kappa shape index (κ3) is 3.76.